The maximum absolute atomic E-state index is 10.3. The molecule has 0 aliphatic rings. The summed E-state index contributed by atoms with van der Waals surface area (Å²) < 4.78 is 0. The highest BCUT2D eigenvalue weighted by Crippen LogP contribution is 1.83. The lowest BCUT2D eigenvalue weighted by atomic mass is 10.2. The predicted molar refractivity (Wildman–Crippen MR) is 36.2 cm³/mol. The summed E-state index contributed by atoms with van der Waals surface area (Å²) in [4.78, 5) is 10.3. The molecule has 0 amide bonds. The van der Waals surface area contributed by atoms with Crippen LogP contribution in [-0.2, 0) is 4.79 Å². The Morgan fingerprint density at radius 2 is 2.12 bits per heavy atom. The molecule has 0 radical (unpaired) electrons. The summed E-state index contributed by atoms with van der Waals surface area (Å²) in [6.07, 6.45) is 1.16. The first kappa shape index (κ1) is 10.8. The number of hydrogen-bond donors (Lipinski definition) is 1. The van der Waals surface area contributed by atoms with Crippen LogP contribution in [0.4, 0.5) is 0 Å². The average molecular weight is 138 g/mol. The van der Waals surface area contributed by atoms with Gasteiger partial charge in [-0.1, -0.05) is 6.92 Å². The monoisotopic (exact) mass is 137 g/mol. The zero-order valence-electron chi connectivity index (χ0n) is 5.02. The van der Waals surface area contributed by atoms with Crippen molar-refractivity contribution in [2.45, 2.75) is 19.8 Å². The lowest BCUT2D eigenvalue weighted by molar-refractivity contribution is -0.118. The van der Waals surface area contributed by atoms with Gasteiger partial charge in [-0.15, -0.1) is 12.4 Å². The first-order chi connectivity index (χ1) is 3.31. The third-order valence-electron chi connectivity index (χ3n) is 0.818. The van der Waals surface area contributed by atoms with Crippen molar-refractivity contribution < 1.29 is 4.79 Å². The van der Waals surface area contributed by atoms with Crippen molar-refractivity contribution in [2.75, 3.05) is 6.54 Å². The number of carbonyl (C=O) groups is 1. The van der Waals surface area contributed by atoms with E-state index in [1.807, 2.05) is 6.92 Å². The first-order valence-electron chi connectivity index (χ1n) is 2.53. The summed E-state index contributed by atoms with van der Waals surface area (Å²) in [5.41, 5.74) is 5.08. The molecule has 0 atom stereocenters. The van der Waals surface area contributed by atoms with Gasteiger partial charge < -0.3 is 5.73 Å². The van der Waals surface area contributed by atoms with Gasteiger partial charge >= 0.3 is 0 Å². The zero-order valence-corrected chi connectivity index (χ0v) is 5.83. The quantitative estimate of drug-likeness (QED) is 0.624. The molecule has 0 aromatic rings. The van der Waals surface area contributed by atoms with E-state index in [1.54, 1.807) is 0 Å². The van der Waals surface area contributed by atoms with Crippen molar-refractivity contribution in [3.63, 3.8) is 0 Å². The number of ketones is 1. The third-order valence-corrected chi connectivity index (χ3v) is 0.818. The number of rotatable bonds is 3. The van der Waals surface area contributed by atoms with Crippen LogP contribution in [-0.4, -0.2) is 12.3 Å². The fraction of sp³-hybridized carbons (Fsp3) is 0.800. The topological polar surface area (TPSA) is 43.1 Å². The molecule has 0 spiro atoms. The highest BCUT2D eigenvalue weighted by atomic mass is 35.5. The SMILES string of the molecule is CCC(=O)CCN.Cl. The minimum absolute atomic E-state index is 0. The Balaban J connectivity index is 0. The second-order valence-electron chi connectivity index (χ2n) is 1.43. The van der Waals surface area contributed by atoms with Crippen molar-refractivity contribution in [1.82, 2.24) is 0 Å². The molecule has 0 aliphatic heterocycles. The largest absolute Gasteiger partial charge is 0.330 e. The van der Waals surface area contributed by atoms with E-state index < -0.39 is 0 Å². The van der Waals surface area contributed by atoms with Crippen LogP contribution in [0.15, 0.2) is 0 Å². The van der Waals surface area contributed by atoms with E-state index in [1.165, 1.54) is 0 Å². The molecule has 2 N–H and O–H groups in total. The van der Waals surface area contributed by atoms with E-state index in [4.69, 9.17) is 5.73 Å². The summed E-state index contributed by atoms with van der Waals surface area (Å²) in [7, 11) is 0. The minimum atomic E-state index is 0. The van der Waals surface area contributed by atoms with Gasteiger partial charge in [-0.25, -0.2) is 0 Å². The van der Waals surface area contributed by atoms with E-state index in [2.05, 4.69) is 0 Å². The Bertz CT molecular complexity index is 65.4. The average Bonchev–Trinajstić information content (AvgIpc) is 1.68. The summed E-state index contributed by atoms with van der Waals surface area (Å²) in [5.74, 6) is 0.252. The molecule has 50 valence electrons. The van der Waals surface area contributed by atoms with Gasteiger partial charge in [0.05, 0.1) is 0 Å². The van der Waals surface area contributed by atoms with Crippen molar-refractivity contribution in [3.8, 4) is 0 Å². The maximum atomic E-state index is 10.3. The van der Waals surface area contributed by atoms with E-state index in [0.717, 1.165) is 0 Å². The molecule has 0 aromatic carbocycles. The number of Topliss-reactive ketones (excluding diaryl/α,β-unsaturated/α-hetero) is 1. The van der Waals surface area contributed by atoms with Gasteiger partial charge in [-0.2, -0.15) is 0 Å². The molecular formula is C5H12ClNO. The Labute approximate surface area is 55.9 Å². The molecular weight excluding hydrogens is 126 g/mol. The van der Waals surface area contributed by atoms with Crippen molar-refractivity contribution in [1.29, 1.82) is 0 Å². The van der Waals surface area contributed by atoms with Crippen LogP contribution in [0.25, 0.3) is 0 Å². The molecule has 8 heavy (non-hydrogen) atoms. The van der Waals surface area contributed by atoms with E-state index in [-0.39, 0.29) is 18.2 Å². The summed E-state index contributed by atoms with van der Waals surface area (Å²) >= 11 is 0. The van der Waals surface area contributed by atoms with Crippen molar-refractivity contribution in [2.24, 2.45) is 5.73 Å². The van der Waals surface area contributed by atoms with Crippen molar-refractivity contribution >= 4 is 18.2 Å². The highest BCUT2D eigenvalue weighted by molar-refractivity contribution is 5.85. The predicted octanol–water partition coefficient (Wildman–Crippen LogP) is 0.736. The molecule has 0 aromatic heterocycles. The van der Waals surface area contributed by atoms with Crippen LogP contribution < -0.4 is 5.73 Å². The Hall–Kier alpha value is -0.0800. The summed E-state index contributed by atoms with van der Waals surface area (Å²) in [6.45, 7) is 2.34. The molecule has 0 bridgehead atoms. The summed E-state index contributed by atoms with van der Waals surface area (Å²) in [5, 5.41) is 0. The molecule has 0 unspecified atom stereocenters. The molecule has 0 rings (SSSR count). The number of nitrogens with two attached hydrogens (primary N) is 1. The lowest BCUT2D eigenvalue weighted by Crippen LogP contribution is -2.05. The Morgan fingerprint density at radius 3 is 2.25 bits per heavy atom. The van der Waals surface area contributed by atoms with Crippen LogP contribution in [0.3, 0.4) is 0 Å². The zero-order chi connectivity index (χ0) is 5.70. The van der Waals surface area contributed by atoms with E-state index in [0.29, 0.717) is 19.4 Å². The molecule has 0 heterocycles. The van der Waals surface area contributed by atoms with Gasteiger partial charge in [0.1, 0.15) is 5.78 Å². The number of carbonyl (C=O) groups excluding carboxylic acids is 1. The molecule has 0 aliphatic carbocycles. The van der Waals surface area contributed by atoms with Gasteiger partial charge in [-0.05, 0) is 6.54 Å². The molecule has 2 nitrogen and oxygen atoms in total. The Morgan fingerprint density at radius 1 is 1.62 bits per heavy atom. The number of halogens is 1. The van der Waals surface area contributed by atoms with Crippen LogP contribution >= 0.6 is 12.4 Å². The van der Waals surface area contributed by atoms with Gasteiger partial charge in [-0.3, -0.25) is 4.79 Å². The van der Waals surface area contributed by atoms with Crippen LogP contribution in [0.2, 0.25) is 0 Å². The molecule has 0 saturated heterocycles. The van der Waals surface area contributed by atoms with E-state index >= 15 is 0 Å². The fourth-order valence-corrected chi connectivity index (χ4v) is 0.338. The van der Waals surface area contributed by atoms with Gasteiger partial charge in [0.2, 0.25) is 0 Å². The first-order valence-corrected chi connectivity index (χ1v) is 2.53. The van der Waals surface area contributed by atoms with Crippen molar-refractivity contribution in [3.05, 3.63) is 0 Å². The lowest BCUT2D eigenvalue weighted by Gasteiger charge is -1.87. The smallest absolute Gasteiger partial charge is 0.133 e. The third kappa shape index (κ3) is 5.92. The second-order valence-corrected chi connectivity index (χ2v) is 1.43. The van der Waals surface area contributed by atoms with Gasteiger partial charge in [0, 0.05) is 12.8 Å². The normalized spacial score (nSPS) is 7.75. The van der Waals surface area contributed by atoms with Crippen LogP contribution in [0.1, 0.15) is 19.8 Å². The maximum Gasteiger partial charge on any atom is 0.133 e. The van der Waals surface area contributed by atoms with Crippen LogP contribution in [0, 0.1) is 0 Å². The highest BCUT2D eigenvalue weighted by Gasteiger charge is 1.91. The standard InChI is InChI=1S/C5H11NO.ClH/c1-2-5(7)3-4-6;/h2-4,6H2,1H3;1H. The van der Waals surface area contributed by atoms with Gasteiger partial charge in [0.25, 0.3) is 0 Å². The minimum Gasteiger partial charge on any atom is -0.330 e. The van der Waals surface area contributed by atoms with Crippen LogP contribution in [0.5, 0.6) is 0 Å². The molecule has 3 heteroatoms. The fourth-order valence-electron chi connectivity index (χ4n) is 0.338. The molecule has 0 fully saturated rings. The Kier molecular flexibility index (Phi) is 9.36. The molecule has 0 saturated carbocycles. The van der Waals surface area contributed by atoms with Gasteiger partial charge in [0.15, 0.2) is 0 Å². The summed E-state index contributed by atoms with van der Waals surface area (Å²) in [6, 6.07) is 0. The number of hydrogen-bond acceptors (Lipinski definition) is 2. The second kappa shape index (κ2) is 6.92. The van der Waals surface area contributed by atoms with E-state index in [9.17, 15) is 4.79 Å².